The minimum absolute atomic E-state index is 0.610. The fraction of sp³-hybridized carbons (Fsp3) is 0.462. The molecule has 17 heavy (non-hydrogen) atoms. The first-order chi connectivity index (χ1) is 8.22. The highest BCUT2D eigenvalue weighted by atomic mass is 79.9. The molecule has 2 aromatic rings. The Morgan fingerprint density at radius 2 is 2.29 bits per heavy atom. The molecule has 1 aromatic heterocycles. The number of hydrogen-bond acceptors (Lipinski definition) is 3. The Labute approximate surface area is 114 Å². The van der Waals surface area contributed by atoms with E-state index in [2.05, 4.69) is 45.3 Å². The van der Waals surface area contributed by atoms with Crippen LogP contribution in [-0.2, 0) is 0 Å². The van der Waals surface area contributed by atoms with Crippen LogP contribution in [0.1, 0.15) is 26.2 Å². The van der Waals surface area contributed by atoms with Crippen molar-refractivity contribution >= 4 is 42.6 Å². The highest BCUT2D eigenvalue weighted by molar-refractivity contribution is 9.10. The van der Waals surface area contributed by atoms with Crippen LogP contribution in [0.3, 0.4) is 0 Å². The minimum atomic E-state index is 0.610. The minimum Gasteiger partial charge on any atom is -0.358 e. The lowest BCUT2D eigenvalue weighted by Crippen LogP contribution is -2.21. The van der Waals surface area contributed by atoms with Crippen molar-refractivity contribution in [1.29, 1.82) is 0 Å². The number of rotatable bonds is 2. The molecule has 2 atom stereocenters. The van der Waals surface area contributed by atoms with Crippen molar-refractivity contribution in [2.75, 3.05) is 5.32 Å². The molecule has 1 aliphatic rings. The lowest BCUT2D eigenvalue weighted by atomic mass is 10.1. The summed E-state index contributed by atoms with van der Waals surface area (Å²) in [5, 5.41) is 4.66. The van der Waals surface area contributed by atoms with Gasteiger partial charge in [-0.15, -0.1) is 0 Å². The van der Waals surface area contributed by atoms with Gasteiger partial charge in [-0.25, -0.2) is 4.98 Å². The molecule has 0 radical (unpaired) electrons. The van der Waals surface area contributed by atoms with E-state index in [9.17, 15) is 0 Å². The first-order valence-electron chi connectivity index (χ1n) is 6.05. The molecule has 0 amide bonds. The third kappa shape index (κ3) is 2.33. The van der Waals surface area contributed by atoms with Crippen LogP contribution in [0, 0.1) is 5.92 Å². The molecule has 1 heterocycles. The van der Waals surface area contributed by atoms with Gasteiger partial charge in [0.05, 0.1) is 10.2 Å². The molecule has 4 heteroatoms. The van der Waals surface area contributed by atoms with Crippen molar-refractivity contribution in [3.05, 3.63) is 22.7 Å². The zero-order valence-corrected chi connectivity index (χ0v) is 12.1. The zero-order valence-electron chi connectivity index (χ0n) is 9.74. The largest absolute Gasteiger partial charge is 0.358 e. The second-order valence-electron chi connectivity index (χ2n) is 4.79. The van der Waals surface area contributed by atoms with E-state index in [1.165, 1.54) is 24.0 Å². The summed E-state index contributed by atoms with van der Waals surface area (Å²) < 4.78 is 2.36. The van der Waals surface area contributed by atoms with E-state index in [0.29, 0.717) is 6.04 Å². The van der Waals surface area contributed by atoms with Gasteiger partial charge < -0.3 is 5.32 Å². The van der Waals surface area contributed by atoms with E-state index in [-0.39, 0.29) is 0 Å². The van der Waals surface area contributed by atoms with Crippen LogP contribution in [0.4, 0.5) is 5.13 Å². The van der Waals surface area contributed by atoms with Crippen molar-refractivity contribution in [3.8, 4) is 0 Å². The van der Waals surface area contributed by atoms with E-state index >= 15 is 0 Å². The number of nitrogens with one attached hydrogen (secondary N) is 1. The van der Waals surface area contributed by atoms with Crippen molar-refractivity contribution in [3.63, 3.8) is 0 Å². The third-order valence-corrected chi connectivity index (χ3v) is 4.96. The molecule has 1 fully saturated rings. The predicted molar refractivity (Wildman–Crippen MR) is 77.7 cm³/mol. The Kier molecular flexibility index (Phi) is 3.09. The van der Waals surface area contributed by atoms with Crippen molar-refractivity contribution < 1.29 is 0 Å². The van der Waals surface area contributed by atoms with Gasteiger partial charge in [-0.1, -0.05) is 40.6 Å². The topological polar surface area (TPSA) is 24.9 Å². The number of aromatic nitrogens is 1. The number of nitrogens with zero attached hydrogens (tertiary/aromatic N) is 1. The molecule has 0 saturated heterocycles. The summed E-state index contributed by atoms with van der Waals surface area (Å²) in [5.74, 6) is 0.772. The molecular formula is C13H15BrN2S. The fourth-order valence-electron chi connectivity index (χ4n) is 2.48. The summed E-state index contributed by atoms with van der Waals surface area (Å²) in [6.07, 6.45) is 3.96. The average Bonchev–Trinajstić information content (AvgIpc) is 2.85. The molecule has 0 spiro atoms. The fourth-order valence-corrected chi connectivity index (χ4v) is 3.96. The van der Waals surface area contributed by atoms with E-state index in [1.807, 2.05) is 6.07 Å². The predicted octanol–water partition coefficient (Wildman–Crippen LogP) is 4.66. The molecule has 1 aliphatic carbocycles. The van der Waals surface area contributed by atoms with E-state index < -0.39 is 0 Å². The number of thiazole rings is 1. The first kappa shape index (κ1) is 11.5. The van der Waals surface area contributed by atoms with Crippen LogP contribution < -0.4 is 5.32 Å². The second-order valence-corrected chi connectivity index (χ2v) is 6.74. The number of hydrogen-bond donors (Lipinski definition) is 1. The number of anilines is 1. The molecule has 2 nitrogen and oxygen atoms in total. The Bertz CT molecular complexity index is 537. The monoisotopic (exact) mass is 310 g/mol. The summed E-state index contributed by atoms with van der Waals surface area (Å²) in [6.45, 7) is 2.33. The maximum atomic E-state index is 4.64. The number of halogens is 1. The molecule has 0 bridgehead atoms. The van der Waals surface area contributed by atoms with Gasteiger partial charge >= 0.3 is 0 Å². The van der Waals surface area contributed by atoms with Gasteiger partial charge in [0.25, 0.3) is 0 Å². The van der Waals surface area contributed by atoms with Gasteiger partial charge in [0, 0.05) is 10.5 Å². The molecule has 2 unspecified atom stereocenters. The van der Waals surface area contributed by atoms with Crippen LogP contribution in [0.2, 0.25) is 0 Å². The highest BCUT2D eigenvalue weighted by Crippen LogP contribution is 2.32. The van der Waals surface area contributed by atoms with Gasteiger partial charge in [0.15, 0.2) is 5.13 Å². The van der Waals surface area contributed by atoms with Gasteiger partial charge in [-0.3, -0.25) is 0 Å². The average molecular weight is 311 g/mol. The van der Waals surface area contributed by atoms with E-state index in [0.717, 1.165) is 21.0 Å². The van der Waals surface area contributed by atoms with Gasteiger partial charge in [-0.05, 0) is 37.0 Å². The Hall–Kier alpha value is -0.610. The normalized spacial score (nSPS) is 24.4. The quantitative estimate of drug-likeness (QED) is 0.872. The summed E-state index contributed by atoms with van der Waals surface area (Å²) in [4.78, 5) is 4.64. The van der Waals surface area contributed by atoms with Crippen molar-refractivity contribution in [2.24, 2.45) is 5.92 Å². The Morgan fingerprint density at radius 3 is 3.06 bits per heavy atom. The second kappa shape index (κ2) is 4.58. The smallest absolute Gasteiger partial charge is 0.184 e. The lowest BCUT2D eigenvalue weighted by Gasteiger charge is -2.15. The Balaban J connectivity index is 1.85. The summed E-state index contributed by atoms with van der Waals surface area (Å²) in [7, 11) is 0. The maximum Gasteiger partial charge on any atom is 0.184 e. The highest BCUT2D eigenvalue weighted by Gasteiger charge is 2.23. The molecule has 1 aromatic carbocycles. The number of benzene rings is 1. The zero-order chi connectivity index (χ0) is 11.8. The van der Waals surface area contributed by atoms with Crippen molar-refractivity contribution in [2.45, 2.75) is 32.2 Å². The summed E-state index contributed by atoms with van der Waals surface area (Å²) in [6, 6.07) is 6.86. The van der Waals surface area contributed by atoms with Crippen LogP contribution >= 0.6 is 27.3 Å². The van der Waals surface area contributed by atoms with E-state index in [4.69, 9.17) is 0 Å². The third-order valence-electron chi connectivity index (χ3n) is 3.52. The first-order valence-corrected chi connectivity index (χ1v) is 7.66. The standard InChI is InChI=1S/C13H15BrN2S/c1-8-3-2-4-10(8)15-13-16-11-6-5-9(14)7-12(11)17-13/h5-8,10H,2-4H2,1H3,(H,15,16). The maximum absolute atomic E-state index is 4.64. The SMILES string of the molecule is CC1CCCC1Nc1nc2ccc(Br)cc2s1. The molecule has 3 rings (SSSR count). The summed E-state index contributed by atoms with van der Waals surface area (Å²) in [5.41, 5.74) is 1.09. The van der Waals surface area contributed by atoms with Crippen LogP contribution in [-0.4, -0.2) is 11.0 Å². The van der Waals surface area contributed by atoms with Crippen LogP contribution in [0.25, 0.3) is 10.2 Å². The lowest BCUT2D eigenvalue weighted by molar-refractivity contribution is 0.556. The summed E-state index contributed by atoms with van der Waals surface area (Å²) >= 11 is 5.25. The van der Waals surface area contributed by atoms with Crippen molar-refractivity contribution in [1.82, 2.24) is 4.98 Å². The molecule has 90 valence electrons. The Morgan fingerprint density at radius 1 is 1.41 bits per heavy atom. The van der Waals surface area contributed by atoms with Gasteiger partial charge in [0.2, 0.25) is 0 Å². The molecule has 0 aliphatic heterocycles. The molecule has 1 N–H and O–H groups in total. The molecule has 1 saturated carbocycles. The van der Waals surface area contributed by atoms with Gasteiger partial charge in [0.1, 0.15) is 0 Å². The van der Waals surface area contributed by atoms with Gasteiger partial charge in [-0.2, -0.15) is 0 Å². The molecular weight excluding hydrogens is 296 g/mol. The van der Waals surface area contributed by atoms with Crippen LogP contribution in [0.15, 0.2) is 22.7 Å². The number of fused-ring (bicyclic) bond motifs is 1. The van der Waals surface area contributed by atoms with E-state index in [1.54, 1.807) is 11.3 Å². The van der Waals surface area contributed by atoms with Crippen LogP contribution in [0.5, 0.6) is 0 Å².